The number of esters is 2. The topological polar surface area (TPSA) is 317 Å². The SMILES string of the molecule is CCOc1ccc2c(O[C@@H]3C[C@H]4C(=O)C[C@]5(C(=O)NS(=O)(=O)C6CC6)C[C@H]5/C=C\CC[C@@H](C)C[C@@H](C)[C@H](CC(=O)OC(C)(C)C)C(=O)N4C3)nccc2c1.CCOc1ccc2c(O[C@@H]3C[C@H]4C(=O)C[C@]5(C(=O)NS(=O)(=O)C6CC6)C[C@H]5/C=C\CC[C@H](C)C[C@@H](C)[C@H](CC(=O)OC(C)(C)C)C(=O)N4C3)nccc2c1. The van der Waals surface area contributed by atoms with Crippen LogP contribution in [0.25, 0.3) is 21.5 Å². The fourth-order valence-corrected chi connectivity index (χ4v) is 19.1. The van der Waals surface area contributed by atoms with Crippen LogP contribution < -0.4 is 28.4 Å². The number of sulfonamides is 2. The number of ketones is 2. The van der Waals surface area contributed by atoms with E-state index in [-0.39, 0.29) is 111 Å². The van der Waals surface area contributed by atoms with E-state index in [1.54, 1.807) is 53.9 Å². The number of hydrogen-bond acceptors (Lipinski definition) is 20. The van der Waals surface area contributed by atoms with Crippen molar-refractivity contribution in [2.45, 2.75) is 245 Å². The van der Waals surface area contributed by atoms with Crippen LogP contribution in [-0.4, -0.2) is 156 Å². The zero-order valence-corrected chi connectivity index (χ0v) is 66.3. The van der Waals surface area contributed by atoms with Gasteiger partial charge in [0.15, 0.2) is 11.6 Å². The van der Waals surface area contributed by atoms with Crippen LogP contribution in [0.2, 0.25) is 0 Å². The van der Waals surface area contributed by atoms with Gasteiger partial charge in [0.05, 0.1) is 84.4 Å². The lowest BCUT2D eigenvalue weighted by Gasteiger charge is -2.32. The van der Waals surface area contributed by atoms with E-state index in [1.165, 1.54) is 9.80 Å². The zero-order chi connectivity index (χ0) is 78.0. The summed E-state index contributed by atoms with van der Waals surface area (Å²) in [4.78, 5) is 125. The smallest absolute Gasteiger partial charge is 0.307 e. The first kappa shape index (κ1) is 81.0. The Labute approximate surface area is 635 Å². The predicted molar refractivity (Wildman–Crippen MR) is 406 cm³/mol. The number of rotatable bonds is 18. The Morgan fingerprint density at radius 2 is 0.917 bits per heavy atom. The molecule has 8 aliphatic rings. The summed E-state index contributed by atoms with van der Waals surface area (Å²) in [6.45, 7) is 23.9. The number of aromatic nitrogens is 2. The van der Waals surface area contributed by atoms with Crippen LogP contribution in [0.15, 0.2) is 85.2 Å². The second-order valence-corrected chi connectivity index (χ2v) is 37.8. The summed E-state index contributed by atoms with van der Waals surface area (Å²) in [5.74, 6) is -3.69. The van der Waals surface area contributed by atoms with E-state index in [2.05, 4.69) is 33.3 Å². The fraction of sp³-hybridized carbons (Fsp3) is 0.634. The van der Waals surface area contributed by atoms with Crippen molar-refractivity contribution in [1.29, 1.82) is 0 Å². The van der Waals surface area contributed by atoms with E-state index in [9.17, 15) is 55.2 Å². The molecule has 4 saturated carbocycles. The fourth-order valence-electron chi connectivity index (χ4n) is 16.4. The minimum atomic E-state index is -3.85. The van der Waals surface area contributed by atoms with Gasteiger partial charge in [-0.15, -0.1) is 0 Å². The van der Waals surface area contributed by atoms with Crippen molar-refractivity contribution in [2.24, 2.45) is 58.2 Å². The molecule has 6 heterocycles. The number of amides is 4. The van der Waals surface area contributed by atoms with Crippen molar-refractivity contribution in [3.63, 3.8) is 0 Å². The van der Waals surface area contributed by atoms with Crippen molar-refractivity contribution in [1.82, 2.24) is 29.2 Å². The summed E-state index contributed by atoms with van der Waals surface area (Å²) in [5, 5.41) is 2.01. The number of benzene rings is 2. The number of hydrogen-bond donors (Lipinski definition) is 2. The number of allylic oxidation sites excluding steroid dienone is 4. The summed E-state index contributed by atoms with van der Waals surface area (Å²) in [6, 6.07) is 13.0. The first-order chi connectivity index (χ1) is 51.0. The Morgan fingerprint density at radius 1 is 0.537 bits per heavy atom. The Hall–Kier alpha value is -8.00. The number of carbonyl (C=O) groups is 8. The number of Topliss-reactive ketones (excluding diaryl/α,β-unsaturated/α-hetero) is 2. The monoisotopic (exact) mass is 1530 g/mol. The third kappa shape index (κ3) is 19.8. The maximum atomic E-state index is 14.8. The van der Waals surface area contributed by atoms with Crippen LogP contribution in [0.5, 0.6) is 23.3 Å². The highest BCUT2D eigenvalue weighted by atomic mass is 32.2. The molecule has 2 N–H and O–H groups in total. The highest BCUT2D eigenvalue weighted by Crippen LogP contribution is 2.59. The summed E-state index contributed by atoms with van der Waals surface area (Å²) >= 11 is 0. The van der Waals surface area contributed by atoms with E-state index < -0.39 is 112 Å². The molecule has 0 unspecified atom stereocenters. The van der Waals surface area contributed by atoms with Gasteiger partial charge in [-0.25, -0.2) is 26.8 Å². The van der Waals surface area contributed by atoms with Gasteiger partial charge in [-0.05, 0) is 227 Å². The first-order valence-corrected chi connectivity index (χ1v) is 42.0. The first-order valence-electron chi connectivity index (χ1n) is 38.9. The molecule has 4 amide bonds. The van der Waals surface area contributed by atoms with Crippen molar-refractivity contribution in [3.05, 3.63) is 85.2 Å². The van der Waals surface area contributed by atoms with Gasteiger partial charge in [0.25, 0.3) is 0 Å². The maximum Gasteiger partial charge on any atom is 0.307 e. The molecular formula is C82H110N6O18S2. The average molecular weight is 1530 g/mol. The van der Waals surface area contributed by atoms with Gasteiger partial charge in [0.1, 0.15) is 34.9 Å². The highest BCUT2D eigenvalue weighted by molar-refractivity contribution is 7.91. The van der Waals surface area contributed by atoms with Gasteiger partial charge in [0, 0.05) is 48.8 Å². The van der Waals surface area contributed by atoms with Gasteiger partial charge >= 0.3 is 11.9 Å². The number of fused-ring (bicyclic) bond motifs is 6. The van der Waals surface area contributed by atoms with Crippen molar-refractivity contribution >= 4 is 88.7 Å². The van der Waals surface area contributed by atoms with Crippen molar-refractivity contribution < 1.29 is 83.6 Å². The molecule has 6 fully saturated rings. The molecule has 26 heteroatoms. The van der Waals surface area contributed by atoms with E-state index in [0.717, 1.165) is 47.2 Å². The molecular weight excluding hydrogens is 1420 g/mol. The minimum absolute atomic E-state index is 0.0655. The summed E-state index contributed by atoms with van der Waals surface area (Å²) in [7, 11) is -7.70. The lowest BCUT2D eigenvalue weighted by atomic mass is 9.82. The second kappa shape index (κ2) is 32.9. The average Bonchev–Trinajstić information content (AvgIpc) is 1.58. The van der Waals surface area contributed by atoms with E-state index in [1.807, 2.05) is 101 Å². The van der Waals surface area contributed by atoms with Crippen LogP contribution in [-0.2, 0) is 67.9 Å². The van der Waals surface area contributed by atoms with Crippen LogP contribution in [0.4, 0.5) is 0 Å². The zero-order valence-electron chi connectivity index (χ0n) is 64.7. The number of nitrogens with zero attached hydrogens (tertiary/aromatic N) is 4. The molecule has 24 nitrogen and oxygen atoms in total. The largest absolute Gasteiger partial charge is 0.494 e. The van der Waals surface area contributed by atoms with Crippen LogP contribution in [0.3, 0.4) is 0 Å². The number of pyridine rings is 2. The second-order valence-electron chi connectivity index (χ2n) is 33.8. The lowest BCUT2D eigenvalue weighted by molar-refractivity contribution is -0.160. The molecule has 12 rings (SSSR count). The predicted octanol–water partition coefficient (Wildman–Crippen LogP) is 11.8. The normalized spacial score (nSPS) is 30.0. The standard InChI is InChI=1S/2C41H55N3O9S/c2*1-7-51-29-12-15-32-27(19-29)16-17-42-37(32)52-30-20-34-35(45)23-41(39(48)43-54(49,50)31-13-14-31)22-28(41)11-9-8-10-25(2)18-26(3)33(38(47)44(34)24-30)21-36(46)53-40(4,5)6/h2*9,11-12,15-17,19,25-26,28,30-31,33-34H,7-8,10,13-14,18,20-24H2,1-6H3,(H,43,48)/b2*11-9-/t25-,26+,28+,30+,33-,34-,41+;25-,26-,28-,30-,33+,34+,41-/m01/s1. The Morgan fingerprint density at radius 3 is 1.27 bits per heavy atom. The number of ether oxygens (including phenoxy) is 6. The van der Waals surface area contributed by atoms with Crippen LogP contribution >= 0.6 is 0 Å². The van der Waals surface area contributed by atoms with Gasteiger partial charge < -0.3 is 38.2 Å². The molecule has 0 bridgehead atoms. The quantitative estimate of drug-likeness (QED) is 0.0690. The summed E-state index contributed by atoms with van der Waals surface area (Å²) < 4.78 is 91.9. The molecule has 4 aromatic rings. The maximum absolute atomic E-state index is 14.8. The molecule has 4 aliphatic heterocycles. The molecule has 14 atom stereocenters. The molecule has 0 spiro atoms. The number of nitrogens with one attached hydrogen (secondary N) is 2. The molecule has 2 aromatic heterocycles. The van der Waals surface area contributed by atoms with E-state index in [0.29, 0.717) is 87.8 Å². The van der Waals surface area contributed by atoms with E-state index in [4.69, 9.17) is 28.4 Å². The molecule has 2 aromatic carbocycles. The molecule has 588 valence electrons. The minimum Gasteiger partial charge on any atom is -0.494 e. The summed E-state index contributed by atoms with van der Waals surface area (Å²) in [5.41, 5.74) is -3.97. The van der Waals surface area contributed by atoms with Gasteiger partial charge in [0.2, 0.25) is 55.4 Å². The molecule has 4 aliphatic carbocycles. The highest BCUT2D eigenvalue weighted by Gasteiger charge is 2.63. The van der Waals surface area contributed by atoms with Crippen LogP contribution in [0, 0.1) is 58.2 Å². The van der Waals surface area contributed by atoms with Crippen molar-refractivity contribution in [3.8, 4) is 23.3 Å². The number of carbonyl (C=O) groups excluding carboxylic acids is 8. The lowest BCUT2D eigenvalue weighted by Crippen LogP contribution is -2.47. The Kier molecular flexibility index (Phi) is 24.7. The third-order valence-corrected chi connectivity index (χ3v) is 26.2. The van der Waals surface area contributed by atoms with Crippen molar-refractivity contribution in [2.75, 3.05) is 26.3 Å². The summed E-state index contributed by atoms with van der Waals surface area (Å²) in [6.07, 6.45) is 16.6. The molecule has 2 saturated heterocycles. The van der Waals surface area contributed by atoms with Gasteiger partial charge in [-0.1, -0.05) is 52.0 Å². The third-order valence-electron chi connectivity index (χ3n) is 22.5. The van der Waals surface area contributed by atoms with Gasteiger partial charge in [-0.2, -0.15) is 0 Å². The molecule has 0 radical (unpaired) electrons. The van der Waals surface area contributed by atoms with Gasteiger partial charge in [-0.3, -0.25) is 47.8 Å². The Bertz CT molecular complexity index is 4080. The Balaban J connectivity index is 0.000000215. The molecule has 108 heavy (non-hydrogen) atoms. The van der Waals surface area contributed by atoms with E-state index >= 15 is 0 Å². The van der Waals surface area contributed by atoms with Crippen LogP contribution in [0.1, 0.15) is 199 Å².